The van der Waals surface area contributed by atoms with Gasteiger partial charge in [0, 0.05) is 50.1 Å². The first-order chi connectivity index (χ1) is 16.9. The molecule has 0 bridgehead atoms. The van der Waals surface area contributed by atoms with Crippen LogP contribution in [0.4, 0.5) is 16.2 Å². The van der Waals surface area contributed by atoms with Crippen LogP contribution in [0.1, 0.15) is 35.3 Å². The molecule has 0 saturated carbocycles. The number of anilines is 2. The van der Waals surface area contributed by atoms with E-state index in [0.717, 1.165) is 17.1 Å². The first-order valence-corrected chi connectivity index (χ1v) is 11.7. The van der Waals surface area contributed by atoms with E-state index in [1.807, 2.05) is 48.5 Å². The second kappa shape index (κ2) is 9.25. The average molecular weight is 474 g/mol. The zero-order valence-corrected chi connectivity index (χ0v) is 19.4. The molecule has 3 N–H and O–H groups in total. The van der Waals surface area contributed by atoms with Gasteiger partial charge in [-0.2, -0.15) is 0 Å². The lowest BCUT2D eigenvalue weighted by molar-refractivity contribution is -0.136. The van der Waals surface area contributed by atoms with Crippen LogP contribution in [0.5, 0.6) is 0 Å². The summed E-state index contributed by atoms with van der Waals surface area (Å²) in [6.45, 7) is 0.353. The number of fused-ring (bicyclic) bond motifs is 1. The molecular formula is C26H27N5O4. The largest absolute Gasteiger partial charge is 0.465 e. The molecule has 2 aromatic heterocycles. The van der Waals surface area contributed by atoms with Crippen molar-refractivity contribution in [2.45, 2.75) is 37.8 Å². The monoisotopic (exact) mass is 473 g/mol. The predicted octanol–water partition coefficient (Wildman–Crippen LogP) is 3.92. The lowest BCUT2D eigenvalue weighted by Gasteiger charge is -2.34. The van der Waals surface area contributed by atoms with Crippen molar-refractivity contribution in [2.24, 2.45) is 0 Å². The van der Waals surface area contributed by atoms with Crippen LogP contribution >= 0.6 is 0 Å². The lowest BCUT2D eigenvalue weighted by Crippen LogP contribution is -2.51. The van der Waals surface area contributed by atoms with E-state index < -0.39 is 12.1 Å². The first kappa shape index (κ1) is 22.6. The van der Waals surface area contributed by atoms with Crippen LogP contribution < -0.4 is 5.32 Å². The van der Waals surface area contributed by atoms with Gasteiger partial charge in [-0.1, -0.05) is 24.3 Å². The SMILES string of the molecule is CN(C(=O)[C@@H]1CCCN1C(=O)O)C1CC(=O)c2c([nH]c(-c3ccccn3)c2Nc2ccccc2)C1. The second-order valence-electron chi connectivity index (χ2n) is 9.00. The molecule has 1 saturated heterocycles. The molecule has 0 spiro atoms. The number of likely N-dealkylation sites (N-methyl/N-ethyl adjacent to an activating group) is 1. The quantitative estimate of drug-likeness (QED) is 0.517. The summed E-state index contributed by atoms with van der Waals surface area (Å²) >= 11 is 0. The maximum Gasteiger partial charge on any atom is 0.407 e. The average Bonchev–Trinajstić information content (AvgIpc) is 3.50. The third-order valence-corrected chi connectivity index (χ3v) is 6.86. The van der Waals surface area contributed by atoms with E-state index in [1.54, 1.807) is 18.1 Å². The van der Waals surface area contributed by atoms with Gasteiger partial charge in [-0.15, -0.1) is 0 Å². The first-order valence-electron chi connectivity index (χ1n) is 11.7. The maximum absolute atomic E-state index is 13.4. The highest BCUT2D eigenvalue weighted by atomic mass is 16.4. The molecule has 9 heteroatoms. The van der Waals surface area contributed by atoms with E-state index in [0.29, 0.717) is 42.8 Å². The standard InChI is InChI=1S/C26H27N5O4/c1-30(25(33)20-11-7-13-31(20)26(34)35)17-14-19-22(21(32)15-17)24(28-16-8-3-2-4-9-16)23(29-19)18-10-5-6-12-27-18/h2-6,8-10,12,17,20,28-29H,7,11,13-15H2,1H3,(H,34,35)/t17?,20-/m0/s1. The highest BCUT2D eigenvalue weighted by molar-refractivity contribution is 6.07. The summed E-state index contributed by atoms with van der Waals surface area (Å²) in [5.41, 5.74) is 4.28. The minimum absolute atomic E-state index is 0.0747. The second-order valence-corrected chi connectivity index (χ2v) is 9.00. The maximum atomic E-state index is 13.4. The molecule has 2 amide bonds. The van der Waals surface area contributed by atoms with Crippen LogP contribution in [0.15, 0.2) is 54.7 Å². The number of hydrogen-bond donors (Lipinski definition) is 3. The van der Waals surface area contributed by atoms with Crippen LogP contribution in [0.2, 0.25) is 0 Å². The van der Waals surface area contributed by atoms with Crippen LogP contribution in [-0.2, 0) is 11.2 Å². The molecule has 2 aliphatic rings. The van der Waals surface area contributed by atoms with Gasteiger partial charge in [0.25, 0.3) is 0 Å². The summed E-state index contributed by atoms with van der Waals surface area (Å²) in [5.74, 6) is -0.334. The molecule has 1 aromatic carbocycles. The van der Waals surface area contributed by atoms with Crippen molar-refractivity contribution in [3.63, 3.8) is 0 Å². The minimum atomic E-state index is -1.09. The number of nitrogens with zero attached hydrogens (tertiary/aromatic N) is 3. The molecule has 1 unspecified atom stereocenters. The number of amides is 2. The number of carbonyl (C=O) groups is 3. The molecule has 2 atom stereocenters. The molecule has 3 heterocycles. The summed E-state index contributed by atoms with van der Waals surface area (Å²) in [6, 6.07) is 14.2. The van der Waals surface area contributed by atoms with Crippen LogP contribution in [0, 0.1) is 0 Å². The number of benzene rings is 1. The van der Waals surface area contributed by atoms with Crippen molar-refractivity contribution >= 4 is 29.2 Å². The number of aromatic nitrogens is 2. The number of ketones is 1. The number of pyridine rings is 1. The molecule has 9 nitrogen and oxygen atoms in total. The zero-order chi connectivity index (χ0) is 24.5. The Balaban J connectivity index is 1.47. The highest BCUT2D eigenvalue weighted by Crippen LogP contribution is 2.39. The van der Waals surface area contributed by atoms with E-state index in [4.69, 9.17) is 0 Å². The van der Waals surface area contributed by atoms with E-state index in [2.05, 4.69) is 15.3 Å². The molecule has 1 fully saturated rings. The van der Waals surface area contributed by atoms with E-state index in [9.17, 15) is 19.5 Å². The summed E-state index contributed by atoms with van der Waals surface area (Å²) in [6.07, 6.45) is 2.39. The molecule has 35 heavy (non-hydrogen) atoms. The predicted molar refractivity (Wildman–Crippen MR) is 131 cm³/mol. The minimum Gasteiger partial charge on any atom is -0.465 e. The van der Waals surface area contributed by atoms with Crippen LogP contribution in [-0.4, -0.2) is 68.3 Å². The van der Waals surface area contributed by atoms with Gasteiger partial charge in [-0.05, 0) is 37.1 Å². The lowest BCUT2D eigenvalue weighted by atomic mass is 9.90. The Hall–Kier alpha value is -4.14. The van der Waals surface area contributed by atoms with Crippen molar-refractivity contribution in [1.29, 1.82) is 0 Å². The number of carbonyl (C=O) groups excluding carboxylic acids is 2. The summed E-state index contributed by atoms with van der Waals surface area (Å²) < 4.78 is 0. The fourth-order valence-corrected chi connectivity index (χ4v) is 5.07. The van der Waals surface area contributed by atoms with Gasteiger partial charge >= 0.3 is 6.09 Å². The molecule has 5 rings (SSSR count). The van der Waals surface area contributed by atoms with Gasteiger partial charge in [-0.3, -0.25) is 19.5 Å². The van der Waals surface area contributed by atoms with Crippen molar-refractivity contribution < 1.29 is 19.5 Å². The normalized spacial score (nSPS) is 19.3. The Bertz CT molecular complexity index is 1260. The molecule has 0 radical (unpaired) electrons. The van der Waals surface area contributed by atoms with Gasteiger partial charge in [-0.25, -0.2) is 4.79 Å². The van der Waals surface area contributed by atoms with Gasteiger partial charge < -0.3 is 20.3 Å². The fraction of sp³-hybridized carbons (Fsp3) is 0.308. The number of aromatic amines is 1. The van der Waals surface area contributed by atoms with Gasteiger partial charge in [0.05, 0.1) is 22.6 Å². The number of carboxylic acid groups (broad SMARTS) is 1. The zero-order valence-electron chi connectivity index (χ0n) is 19.4. The molecule has 1 aliphatic heterocycles. The van der Waals surface area contributed by atoms with E-state index in [-0.39, 0.29) is 24.2 Å². The third-order valence-electron chi connectivity index (χ3n) is 6.86. The summed E-state index contributed by atoms with van der Waals surface area (Å²) in [4.78, 5) is 48.8. The highest BCUT2D eigenvalue weighted by Gasteiger charge is 2.40. The molecule has 3 aromatic rings. The Labute approximate surface area is 202 Å². The molecule has 180 valence electrons. The summed E-state index contributed by atoms with van der Waals surface area (Å²) in [7, 11) is 1.66. The number of Topliss-reactive ketones (excluding diaryl/α,β-unsaturated/α-hetero) is 1. The number of likely N-dealkylation sites (tertiary alicyclic amines) is 1. The van der Waals surface area contributed by atoms with Gasteiger partial charge in [0.2, 0.25) is 5.91 Å². The number of rotatable bonds is 5. The van der Waals surface area contributed by atoms with Crippen molar-refractivity contribution in [3.8, 4) is 11.4 Å². The van der Waals surface area contributed by atoms with Gasteiger partial charge in [0.1, 0.15) is 6.04 Å². The third kappa shape index (κ3) is 4.25. The smallest absolute Gasteiger partial charge is 0.407 e. The summed E-state index contributed by atoms with van der Waals surface area (Å²) in [5, 5.41) is 12.8. The Morgan fingerprint density at radius 2 is 1.91 bits per heavy atom. The topological polar surface area (TPSA) is 119 Å². The molecule has 1 aliphatic carbocycles. The number of para-hydroxylation sites is 1. The van der Waals surface area contributed by atoms with E-state index in [1.165, 1.54) is 4.90 Å². The Morgan fingerprint density at radius 1 is 1.14 bits per heavy atom. The number of hydrogen-bond acceptors (Lipinski definition) is 5. The van der Waals surface area contributed by atoms with Crippen LogP contribution in [0.3, 0.4) is 0 Å². The fourth-order valence-electron chi connectivity index (χ4n) is 5.07. The van der Waals surface area contributed by atoms with E-state index >= 15 is 0 Å². The van der Waals surface area contributed by atoms with Crippen molar-refractivity contribution in [1.82, 2.24) is 19.8 Å². The number of nitrogens with one attached hydrogen (secondary N) is 2. The Kier molecular flexibility index (Phi) is 5.98. The molecular weight excluding hydrogens is 446 g/mol. The van der Waals surface area contributed by atoms with Crippen LogP contribution in [0.25, 0.3) is 11.4 Å². The Morgan fingerprint density at radius 3 is 2.63 bits per heavy atom. The number of H-pyrrole nitrogens is 1. The van der Waals surface area contributed by atoms with Crippen molar-refractivity contribution in [3.05, 3.63) is 66.0 Å². The van der Waals surface area contributed by atoms with Crippen molar-refractivity contribution in [2.75, 3.05) is 18.9 Å². The van der Waals surface area contributed by atoms with Gasteiger partial charge in [0.15, 0.2) is 5.78 Å².